The molecule has 1 aliphatic heterocycles. The molecule has 140 valence electrons. The van der Waals surface area contributed by atoms with Gasteiger partial charge in [0.25, 0.3) is 5.91 Å². The van der Waals surface area contributed by atoms with Crippen molar-refractivity contribution in [2.45, 2.75) is 18.0 Å². The second-order valence-electron chi connectivity index (χ2n) is 5.76. The van der Waals surface area contributed by atoms with Crippen molar-refractivity contribution in [1.82, 2.24) is 14.6 Å². The van der Waals surface area contributed by atoms with Crippen molar-refractivity contribution in [3.8, 4) is 0 Å². The number of likely N-dealkylation sites (tertiary alicyclic amines) is 1. The first-order valence-corrected chi connectivity index (χ1v) is 9.79. The molecule has 26 heavy (non-hydrogen) atoms. The van der Waals surface area contributed by atoms with E-state index in [2.05, 4.69) is 20.9 Å². The molecule has 3 rings (SSSR count). The summed E-state index contributed by atoms with van der Waals surface area (Å²) in [6, 6.07) is 6.15. The third kappa shape index (κ3) is 3.55. The highest BCUT2D eigenvalue weighted by Crippen LogP contribution is 2.27. The highest BCUT2D eigenvalue weighted by molar-refractivity contribution is 9.10. The van der Waals surface area contributed by atoms with E-state index in [-0.39, 0.29) is 5.91 Å². The second-order valence-corrected chi connectivity index (χ2v) is 8.43. The largest absolute Gasteiger partial charge is 0.511 e. The smallest absolute Gasteiger partial charge is 0.334 e. The summed E-state index contributed by atoms with van der Waals surface area (Å²) in [5, 5.41) is 0.605. The van der Waals surface area contributed by atoms with Crippen LogP contribution in [-0.4, -0.2) is 48.8 Å². The minimum atomic E-state index is -5.43. The molecule has 0 radical (unpaired) electrons. The standard InChI is InChI=1S/C15H13BrF3N3O3S/c16-9-1-2-13-12(7-9)11(3-5-20-13)14(23)22-6-4-10(22)8-21-26(24,25)15(17,18)19/h1-3,5,7,10,21H,4,6,8H2/t10-/m0/s1. The van der Waals surface area contributed by atoms with Gasteiger partial charge in [0.1, 0.15) is 0 Å². The lowest BCUT2D eigenvalue weighted by atomic mass is 10.00. The van der Waals surface area contributed by atoms with Gasteiger partial charge in [-0.25, -0.2) is 13.1 Å². The quantitative estimate of drug-likeness (QED) is 0.774. The first kappa shape index (κ1) is 19.1. The van der Waals surface area contributed by atoms with Gasteiger partial charge in [0.2, 0.25) is 0 Å². The van der Waals surface area contributed by atoms with Crippen LogP contribution in [0.4, 0.5) is 13.2 Å². The maximum absolute atomic E-state index is 12.8. The Morgan fingerprint density at radius 3 is 2.69 bits per heavy atom. The van der Waals surface area contributed by atoms with Gasteiger partial charge in [-0.15, -0.1) is 0 Å². The van der Waals surface area contributed by atoms with Gasteiger partial charge in [-0.2, -0.15) is 13.2 Å². The number of alkyl halides is 3. The Balaban J connectivity index is 1.78. The number of hydrogen-bond acceptors (Lipinski definition) is 4. The lowest BCUT2D eigenvalue weighted by Crippen LogP contribution is -2.56. The van der Waals surface area contributed by atoms with E-state index in [0.29, 0.717) is 29.4 Å². The number of pyridine rings is 1. The molecule has 11 heteroatoms. The summed E-state index contributed by atoms with van der Waals surface area (Å²) in [7, 11) is -5.43. The molecule has 1 amide bonds. The molecule has 1 aliphatic rings. The summed E-state index contributed by atoms with van der Waals surface area (Å²) in [5.74, 6) is -0.377. The van der Waals surface area contributed by atoms with E-state index in [4.69, 9.17) is 0 Å². The first-order chi connectivity index (χ1) is 12.1. The number of benzene rings is 1. The van der Waals surface area contributed by atoms with E-state index in [9.17, 15) is 26.4 Å². The maximum atomic E-state index is 12.8. The number of rotatable bonds is 4. The molecule has 1 saturated heterocycles. The summed E-state index contributed by atoms with van der Waals surface area (Å²) < 4.78 is 61.7. The van der Waals surface area contributed by atoms with Crippen LogP contribution in [0.25, 0.3) is 10.9 Å². The van der Waals surface area contributed by atoms with Crippen molar-refractivity contribution in [3.63, 3.8) is 0 Å². The van der Waals surface area contributed by atoms with Crippen LogP contribution < -0.4 is 4.72 Å². The van der Waals surface area contributed by atoms with Crippen molar-refractivity contribution >= 4 is 42.8 Å². The van der Waals surface area contributed by atoms with Crippen molar-refractivity contribution in [1.29, 1.82) is 0 Å². The summed E-state index contributed by atoms with van der Waals surface area (Å²) in [4.78, 5) is 18.3. The topological polar surface area (TPSA) is 79.4 Å². The zero-order valence-electron chi connectivity index (χ0n) is 13.1. The van der Waals surface area contributed by atoms with Gasteiger partial charge in [-0.05, 0) is 30.7 Å². The molecule has 1 atom stereocenters. The number of fused-ring (bicyclic) bond motifs is 1. The van der Waals surface area contributed by atoms with Crippen LogP contribution in [0.2, 0.25) is 0 Å². The zero-order valence-corrected chi connectivity index (χ0v) is 15.5. The minimum Gasteiger partial charge on any atom is -0.334 e. The van der Waals surface area contributed by atoms with Crippen LogP contribution in [0.15, 0.2) is 34.9 Å². The predicted octanol–water partition coefficient (Wildman–Crippen LogP) is 2.65. The SMILES string of the molecule is O=C(c1ccnc2ccc(Br)cc12)N1CC[C@H]1CNS(=O)(=O)C(F)(F)F. The van der Waals surface area contributed by atoms with Gasteiger partial charge < -0.3 is 4.90 Å². The fourth-order valence-corrected chi connectivity index (χ4v) is 3.60. The molecule has 2 heterocycles. The van der Waals surface area contributed by atoms with Crippen LogP contribution >= 0.6 is 15.9 Å². The lowest BCUT2D eigenvalue weighted by molar-refractivity contribution is -0.0450. The van der Waals surface area contributed by atoms with E-state index in [1.165, 1.54) is 21.9 Å². The van der Waals surface area contributed by atoms with Gasteiger partial charge in [-0.1, -0.05) is 15.9 Å². The molecule has 0 saturated carbocycles. The number of nitrogens with zero attached hydrogens (tertiary/aromatic N) is 2. The fourth-order valence-electron chi connectivity index (χ4n) is 2.67. The number of hydrogen-bond donors (Lipinski definition) is 1. The number of carbonyl (C=O) groups excluding carboxylic acids is 1. The summed E-state index contributed by atoms with van der Waals surface area (Å²) in [6.07, 6.45) is 1.89. The minimum absolute atomic E-state index is 0.342. The molecule has 2 aromatic rings. The Bertz CT molecular complexity index is 965. The van der Waals surface area contributed by atoms with Gasteiger partial charge in [0.15, 0.2) is 0 Å². The zero-order chi connectivity index (χ0) is 19.1. The average molecular weight is 452 g/mol. The molecule has 1 aromatic heterocycles. The van der Waals surface area contributed by atoms with Crippen LogP contribution in [0, 0.1) is 0 Å². The fraction of sp³-hybridized carbons (Fsp3) is 0.333. The molecule has 0 spiro atoms. The highest BCUT2D eigenvalue weighted by Gasteiger charge is 2.46. The summed E-state index contributed by atoms with van der Waals surface area (Å²) in [5.41, 5.74) is -4.41. The van der Waals surface area contributed by atoms with E-state index in [1.54, 1.807) is 18.2 Å². The highest BCUT2D eigenvalue weighted by atomic mass is 79.9. The van der Waals surface area contributed by atoms with Gasteiger partial charge >= 0.3 is 15.5 Å². The van der Waals surface area contributed by atoms with Crippen molar-refractivity contribution in [2.75, 3.05) is 13.1 Å². The first-order valence-electron chi connectivity index (χ1n) is 7.51. The molecule has 1 N–H and O–H groups in total. The van der Waals surface area contributed by atoms with Gasteiger partial charge in [0, 0.05) is 35.2 Å². The van der Waals surface area contributed by atoms with E-state index in [0.717, 1.165) is 4.47 Å². The molecular weight excluding hydrogens is 439 g/mol. The Morgan fingerprint density at radius 1 is 1.35 bits per heavy atom. The van der Waals surface area contributed by atoms with Crippen molar-refractivity contribution in [3.05, 3.63) is 40.5 Å². The summed E-state index contributed by atoms with van der Waals surface area (Å²) >= 11 is 3.32. The third-order valence-corrected chi connectivity index (χ3v) is 5.80. The number of nitrogens with one attached hydrogen (secondary N) is 1. The van der Waals surface area contributed by atoms with Crippen molar-refractivity contribution in [2.24, 2.45) is 0 Å². The molecule has 0 aliphatic carbocycles. The van der Waals surface area contributed by atoms with Crippen molar-refractivity contribution < 1.29 is 26.4 Å². The molecular formula is C15H13BrF3N3O3S. The van der Waals surface area contributed by atoms with Crippen LogP contribution in [-0.2, 0) is 10.0 Å². The number of carbonyl (C=O) groups is 1. The normalized spacial score (nSPS) is 18.0. The number of aromatic nitrogens is 1. The lowest BCUT2D eigenvalue weighted by Gasteiger charge is -2.41. The number of amides is 1. The molecule has 6 nitrogen and oxygen atoms in total. The van der Waals surface area contributed by atoms with E-state index >= 15 is 0 Å². The van der Waals surface area contributed by atoms with E-state index in [1.807, 2.05) is 0 Å². The number of halogens is 4. The molecule has 1 aromatic carbocycles. The average Bonchev–Trinajstić information content (AvgIpc) is 2.52. The second kappa shape index (κ2) is 6.78. The Kier molecular flexibility index (Phi) is 4.97. The third-order valence-electron chi connectivity index (χ3n) is 4.15. The monoisotopic (exact) mass is 451 g/mol. The Morgan fingerprint density at radius 2 is 2.08 bits per heavy atom. The molecule has 1 fully saturated rings. The number of sulfonamides is 1. The molecule has 0 unspecified atom stereocenters. The summed E-state index contributed by atoms with van der Waals surface area (Å²) in [6.45, 7) is -0.143. The Hall–Kier alpha value is -1.72. The van der Waals surface area contributed by atoms with Gasteiger partial charge in [0.05, 0.1) is 11.1 Å². The van der Waals surface area contributed by atoms with Gasteiger partial charge in [-0.3, -0.25) is 9.78 Å². The van der Waals surface area contributed by atoms with Crippen LogP contribution in [0.3, 0.4) is 0 Å². The van der Waals surface area contributed by atoms with Crippen LogP contribution in [0.5, 0.6) is 0 Å². The maximum Gasteiger partial charge on any atom is 0.511 e. The van der Waals surface area contributed by atoms with E-state index < -0.39 is 28.1 Å². The Labute approximate surface area is 155 Å². The van der Waals surface area contributed by atoms with Crippen LogP contribution in [0.1, 0.15) is 16.8 Å². The molecule has 0 bridgehead atoms. The predicted molar refractivity (Wildman–Crippen MR) is 91.9 cm³/mol.